The van der Waals surface area contributed by atoms with Crippen molar-refractivity contribution in [3.8, 4) is 11.4 Å². The molecule has 4 aromatic rings. The molecule has 5 rings (SSSR count). The zero-order valence-corrected chi connectivity index (χ0v) is 23.8. The first-order chi connectivity index (χ1) is 20.5. The molecule has 11 heteroatoms. The van der Waals surface area contributed by atoms with Crippen LogP contribution in [0.5, 0.6) is 0 Å². The van der Waals surface area contributed by atoms with E-state index >= 15 is 0 Å². The van der Waals surface area contributed by atoms with E-state index in [9.17, 15) is 13.6 Å². The summed E-state index contributed by atoms with van der Waals surface area (Å²) in [4.78, 5) is 32.8. The van der Waals surface area contributed by atoms with Crippen molar-refractivity contribution >= 4 is 22.8 Å². The lowest BCUT2D eigenvalue weighted by atomic mass is 9.90. The van der Waals surface area contributed by atoms with E-state index in [4.69, 9.17) is 4.74 Å². The molecule has 2 atom stereocenters. The van der Waals surface area contributed by atoms with E-state index < -0.39 is 11.6 Å². The molecule has 1 amide bonds. The Balaban J connectivity index is 1.16. The number of fused-ring (bicyclic) bond motifs is 1. The summed E-state index contributed by atoms with van der Waals surface area (Å²) in [5, 5.41) is 6.83. The van der Waals surface area contributed by atoms with E-state index in [-0.39, 0.29) is 29.6 Å². The number of amides is 1. The summed E-state index contributed by atoms with van der Waals surface area (Å²) in [7, 11) is 0. The van der Waals surface area contributed by atoms with Gasteiger partial charge in [0.15, 0.2) is 17.5 Å². The molecule has 0 saturated heterocycles. The number of H-pyrrole nitrogens is 1. The van der Waals surface area contributed by atoms with Gasteiger partial charge in [-0.1, -0.05) is 19.8 Å². The number of nitrogens with zero attached hydrogens (tertiary/aromatic N) is 4. The summed E-state index contributed by atoms with van der Waals surface area (Å²) < 4.78 is 34.2. The molecule has 1 saturated carbocycles. The van der Waals surface area contributed by atoms with Crippen molar-refractivity contribution in [3.63, 3.8) is 0 Å². The first kappa shape index (κ1) is 29.5. The molecule has 4 heterocycles. The molecule has 222 valence electrons. The van der Waals surface area contributed by atoms with Crippen LogP contribution in [-0.2, 0) is 11.2 Å². The molecule has 0 unspecified atom stereocenters. The number of aryl methyl sites for hydroxylation is 1. The number of halogens is 2. The topological polar surface area (TPSA) is 118 Å². The summed E-state index contributed by atoms with van der Waals surface area (Å²) in [6.07, 6.45) is 13.8. The summed E-state index contributed by atoms with van der Waals surface area (Å²) in [5.74, 6) is -0.953. The fourth-order valence-corrected chi connectivity index (χ4v) is 5.35. The van der Waals surface area contributed by atoms with Crippen LogP contribution in [0.4, 0.5) is 14.6 Å². The second-order valence-electron chi connectivity index (χ2n) is 10.8. The van der Waals surface area contributed by atoms with Crippen molar-refractivity contribution in [2.75, 3.05) is 18.5 Å². The van der Waals surface area contributed by atoms with Crippen LogP contribution < -0.4 is 10.6 Å². The summed E-state index contributed by atoms with van der Waals surface area (Å²) in [6, 6.07) is 4.94. The van der Waals surface area contributed by atoms with Gasteiger partial charge < -0.3 is 20.4 Å². The number of anilines is 1. The van der Waals surface area contributed by atoms with Crippen molar-refractivity contribution in [1.82, 2.24) is 30.2 Å². The highest BCUT2D eigenvalue weighted by molar-refractivity contribution is 5.93. The number of hydrogen-bond donors (Lipinski definition) is 3. The third-order valence-corrected chi connectivity index (χ3v) is 7.54. The summed E-state index contributed by atoms with van der Waals surface area (Å²) in [6.45, 7) is 3.67. The monoisotopic (exact) mass is 577 g/mol. The van der Waals surface area contributed by atoms with Crippen molar-refractivity contribution in [2.45, 2.75) is 76.8 Å². The van der Waals surface area contributed by atoms with Gasteiger partial charge in [0.2, 0.25) is 0 Å². The van der Waals surface area contributed by atoms with Gasteiger partial charge in [0.25, 0.3) is 5.91 Å². The number of pyridine rings is 2. The maximum absolute atomic E-state index is 14.7. The van der Waals surface area contributed by atoms with Crippen LogP contribution in [0.25, 0.3) is 22.4 Å². The van der Waals surface area contributed by atoms with Gasteiger partial charge in [0, 0.05) is 48.6 Å². The van der Waals surface area contributed by atoms with Crippen molar-refractivity contribution < 1.29 is 18.3 Å². The van der Waals surface area contributed by atoms with Crippen molar-refractivity contribution in [1.29, 1.82) is 0 Å². The Morgan fingerprint density at radius 1 is 1.07 bits per heavy atom. The molecular weight excluding hydrogens is 540 g/mol. The van der Waals surface area contributed by atoms with Gasteiger partial charge in [-0.25, -0.2) is 23.7 Å². The number of carbonyl (C=O) groups is 1. The molecule has 0 radical (unpaired) electrons. The lowest BCUT2D eigenvalue weighted by molar-refractivity contribution is 0.0921. The Bertz CT molecular complexity index is 1500. The third kappa shape index (κ3) is 7.64. The zero-order chi connectivity index (χ0) is 29.3. The van der Waals surface area contributed by atoms with Crippen molar-refractivity contribution in [3.05, 3.63) is 65.9 Å². The molecule has 42 heavy (non-hydrogen) atoms. The van der Waals surface area contributed by atoms with Gasteiger partial charge in [0.05, 0.1) is 12.4 Å². The lowest BCUT2D eigenvalue weighted by Crippen LogP contribution is -2.42. The Labute approximate surface area is 243 Å². The van der Waals surface area contributed by atoms with Crippen LogP contribution in [0, 0.1) is 11.6 Å². The molecule has 1 fully saturated rings. The Kier molecular flexibility index (Phi) is 10.0. The standard InChI is InChI=1S/C31H37F2N7O2/c1-2-3-4-12-42-13-6-7-20-10-11-34-27(14-20)31(41)39-23-9-5-8-22(16-23)38-30-26(33)19-37-29(40-30)25-18-36-28-24(25)15-21(32)17-35-28/h10-11,14-15,17-19,22-23H,2-9,12-13,16H2,1H3,(H,35,36)(H,39,41)(H,37,38,40)/t22-,23+/m0/s1. The third-order valence-electron chi connectivity index (χ3n) is 7.54. The van der Waals surface area contributed by atoms with E-state index in [1.807, 2.05) is 12.1 Å². The fraction of sp³-hybridized carbons (Fsp3) is 0.452. The number of ether oxygens (including phenoxy) is 1. The minimum Gasteiger partial charge on any atom is -0.381 e. The van der Waals surface area contributed by atoms with E-state index in [1.54, 1.807) is 12.4 Å². The van der Waals surface area contributed by atoms with Crippen LogP contribution in [0.15, 0.2) is 43.0 Å². The number of hydrogen-bond acceptors (Lipinski definition) is 7. The number of carbonyl (C=O) groups excluding carboxylic acids is 1. The van der Waals surface area contributed by atoms with E-state index in [0.717, 1.165) is 63.1 Å². The number of unbranched alkanes of at least 4 members (excludes halogenated alkanes) is 2. The zero-order valence-electron chi connectivity index (χ0n) is 23.8. The molecule has 0 aliphatic heterocycles. The van der Waals surface area contributed by atoms with Gasteiger partial charge in [-0.05, 0) is 68.7 Å². The van der Waals surface area contributed by atoms with E-state index in [2.05, 4.69) is 42.5 Å². The second kappa shape index (κ2) is 14.3. The van der Waals surface area contributed by atoms with Crippen LogP contribution in [-0.4, -0.2) is 56.1 Å². The molecule has 1 aliphatic rings. The lowest BCUT2D eigenvalue weighted by Gasteiger charge is -2.30. The molecule has 0 spiro atoms. The van der Waals surface area contributed by atoms with Gasteiger partial charge >= 0.3 is 0 Å². The maximum atomic E-state index is 14.7. The fourth-order valence-electron chi connectivity index (χ4n) is 5.35. The highest BCUT2D eigenvalue weighted by atomic mass is 19.1. The average Bonchev–Trinajstić information content (AvgIpc) is 3.41. The number of aromatic amines is 1. The first-order valence-corrected chi connectivity index (χ1v) is 14.8. The molecule has 3 N–H and O–H groups in total. The smallest absolute Gasteiger partial charge is 0.270 e. The second-order valence-corrected chi connectivity index (χ2v) is 10.8. The Morgan fingerprint density at radius 3 is 2.81 bits per heavy atom. The summed E-state index contributed by atoms with van der Waals surface area (Å²) in [5.41, 5.74) is 2.47. The average molecular weight is 578 g/mol. The van der Waals surface area contributed by atoms with Gasteiger partial charge in [0.1, 0.15) is 17.2 Å². The molecule has 9 nitrogen and oxygen atoms in total. The Morgan fingerprint density at radius 2 is 1.93 bits per heavy atom. The van der Waals surface area contributed by atoms with E-state index in [0.29, 0.717) is 35.3 Å². The SMILES string of the molecule is CCCCCOCCCc1ccnc(C(=O)N[C@@H]2CCC[C@H](Nc3nc(-c4c[nH]c5ncc(F)cc45)ncc3F)C2)c1. The molecule has 0 aromatic carbocycles. The number of nitrogens with one attached hydrogen (secondary N) is 3. The molecule has 1 aliphatic carbocycles. The Hall–Kier alpha value is -3.99. The van der Waals surface area contributed by atoms with Gasteiger partial charge in [-0.3, -0.25) is 9.78 Å². The number of aromatic nitrogens is 5. The number of rotatable bonds is 13. The van der Waals surface area contributed by atoms with Gasteiger partial charge in [-0.2, -0.15) is 0 Å². The minimum atomic E-state index is -0.582. The van der Waals surface area contributed by atoms with Crippen LogP contribution in [0.3, 0.4) is 0 Å². The normalized spacial score (nSPS) is 16.9. The summed E-state index contributed by atoms with van der Waals surface area (Å²) >= 11 is 0. The minimum absolute atomic E-state index is 0.0689. The predicted molar refractivity (Wildman–Crippen MR) is 157 cm³/mol. The first-order valence-electron chi connectivity index (χ1n) is 14.8. The predicted octanol–water partition coefficient (Wildman–Crippen LogP) is 5.99. The molecule has 0 bridgehead atoms. The van der Waals surface area contributed by atoms with Crippen LogP contribution >= 0.6 is 0 Å². The van der Waals surface area contributed by atoms with Crippen LogP contribution in [0.1, 0.15) is 74.3 Å². The molecule has 4 aromatic heterocycles. The van der Waals surface area contributed by atoms with E-state index in [1.165, 1.54) is 18.9 Å². The highest BCUT2D eigenvalue weighted by Gasteiger charge is 2.25. The maximum Gasteiger partial charge on any atom is 0.270 e. The molecular formula is C31H37F2N7O2. The largest absolute Gasteiger partial charge is 0.381 e. The highest BCUT2D eigenvalue weighted by Crippen LogP contribution is 2.28. The van der Waals surface area contributed by atoms with Crippen molar-refractivity contribution in [2.24, 2.45) is 0 Å². The quantitative estimate of drug-likeness (QED) is 0.167. The van der Waals surface area contributed by atoms with Gasteiger partial charge in [-0.15, -0.1) is 0 Å². The van der Waals surface area contributed by atoms with Crippen LogP contribution in [0.2, 0.25) is 0 Å².